The molecule has 26 heavy (non-hydrogen) atoms. The zero-order valence-electron chi connectivity index (χ0n) is 13.3. The van der Waals surface area contributed by atoms with Gasteiger partial charge in [-0.25, -0.2) is 13.8 Å². The molecule has 11 heteroatoms. The van der Waals surface area contributed by atoms with Gasteiger partial charge in [0.2, 0.25) is 5.88 Å². The van der Waals surface area contributed by atoms with E-state index >= 15 is 0 Å². The molecule has 4 aromatic rings. The number of aromatic nitrogens is 7. The molecule has 0 aliphatic heterocycles. The van der Waals surface area contributed by atoms with Crippen LogP contribution < -0.4 is 4.74 Å². The highest BCUT2D eigenvalue weighted by atomic mass is 79.9. The smallest absolute Gasteiger partial charge is 0.230 e. The number of nitrogens with zero attached hydrogens (tertiary/aromatic N) is 7. The third-order valence-corrected chi connectivity index (χ3v) is 4.05. The molecule has 0 fully saturated rings. The number of benzene rings is 1. The molecule has 3 heterocycles. The molecule has 0 radical (unpaired) electrons. The van der Waals surface area contributed by atoms with Crippen molar-refractivity contribution in [2.24, 2.45) is 7.05 Å². The third-order valence-electron chi connectivity index (χ3n) is 3.48. The Bertz CT molecular complexity index is 1090. The first-order chi connectivity index (χ1) is 12.5. The number of ether oxygens (including phenoxy) is 1. The second-order valence-electron chi connectivity index (χ2n) is 5.31. The van der Waals surface area contributed by atoms with Crippen LogP contribution in [0.15, 0.2) is 35.1 Å². The van der Waals surface area contributed by atoms with Crippen molar-refractivity contribution in [3.05, 3.63) is 52.5 Å². The molecular weight excluding hydrogens is 412 g/mol. The van der Waals surface area contributed by atoms with Gasteiger partial charge in [-0.05, 0) is 34.1 Å². The minimum atomic E-state index is -0.776. The van der Waals surface area contributed by atoms with E-state index in [1.54, 1.807) is 24.1 Å². The summed E-state index contributed by atoms with van der Waals surface area (Å²) in [4.78, 5) is 8.34. The van der Waals surface area contributed by atoms with Crippen molar-refractivity contribution in [1.29, 1.82) is 0 Å². The summed E-state index contributed by atoms with van der Waals surface area (Å²) in [5, 5.41) is 11.8. The molecule has 0 aliphatic carbocycles. The summed E-state index contributed by atoms with van der Waals surface area (Å²) in [5.41, 5.74) is 0.145. The molecular formula is C15H10BrF2N7O. The summed E-state index contributed by atoms with van der Waals surface area (Å²) in [7, 11) is 1.74. The molecule has 1 aromatic carbocycles. The molecule has 132 valence electrons. The largest absolute Gasteiger partial charge is 0.468 e. The van der Waals surface area contributed by atoms with Crippen LogP contribution in [-0.2, 0) is 13.7 Å². The quantitative estimate of drug-likeness (QED) is 0.503. The maximum Gasteiger partial charge on any atom is 0.230 e. The molecule has 0 atom stereocenters. The second-order valence-corrected chi connectivity index (χ2v) is 6.17. The molecule has 0 bridgehead atoms. The molecule has 0 amide bonds. The van der Waals surface area contributed by atoms with E-state index in [1.807, 2.05) is 0 Å². The molecule has 0 aliphatic rings. The summed E-state index contributed by atoms with van der Waals surface area (Å²) in [6.07, 6.45) is 1.55. The van der Waals surface area contributed by atoms with Crippen molar-refractivity contribution < 1.29 is 13.5 Å². The average molecular weight is 422 g/mol. The first-order valence-electron chi connectivity index (χ1n) is 7.36. The van der Waals surface area contributed by atoms with Gasteiger partial charge in [0.1, 0.15) is 17.5 Å². The minimum absolute atomic E-state index is 0.0770. The predicted molar refractivity (Wildman–Crippen MR) is 89.6 cm³/mol. The van der Waals surface area contributed by atoms with Crippen molar-refractivity contribution >= 4 is 27.1 Å². The predicted octanol–water partition coefficient (Wildman–Crippen LogP) is 2.56. The van der Waals surface area contributed by atoms with Gasteiger partial charge in [0, 0.05) is 7.05 Å². The van der Waals surface area contributed by atoms with Gasteiger partial charge in [0.05, 0.1) is 4.47 Å². The fourth-order valence-electron chi connectivity index (χ4n) is 2.34. The number of hydrogen-bond donors (Lipinski definition) is 0. The first-order valence-corrected chi connectivity index (χ1v) is 8.16. The maximum absolute atomic E-state index is 14.1. The molecule has 0 unspecified atom stereocenters. The number of rotatable bonds is 4. The average Bonchev–Trinajstić information content (AvgIpc) is 3.19. The Morgan fingerprint density at radius 1 is 1.23 bits per heavy atom. The molecule has 0 saturated carbocycles. The highest BCUT2D eigenvalue weighted by Crippen LogP contribution is 2.28. The number of aryl methyl sites for hydroxylation is 1. The normalized spacial score (nSPS) is 11.2. The Labute approximate surface area is 153 Å². The summed E-state index contributed by atoms with van der Waals surface area (Å²) in [6, 6.07) is 5.14. The zero-order chi connectivity index (χ0) is 18.3. The van der Waals surface area contributed by atoms with Gasteiger partial charge in [-0.2, -0.15) is 14.8 Å². The number of fused-ring (bicyclic) bond motifs is 1. The van der Waals surface area contributed by atoms with Crippen molar-refractivity contribution in [1.82, 2.24) is 34.7 Å². The topological polar surface area (TPSA) is 83.5 Å². The summed E-state index contributed by atoms with van der Waals surface area (Å²) >= 11 is 3.33. The van der Waals surface area contributed by atoms with E-state index in [-0.39, 0.29) is 23.8 Å². The summed E-state index contributed by atoms with van der Waals surface area (Å²) in [5.74, 6) is -0.887. The van der Waals surface area contributed by atoms with Crippen molar-refractivity contribution in [2.45, 2.75) is 6.61 Å². The van der Waals surface area contributed by atoms with Gasteiger partial charge in [-0.1, -0.05) is 11.3 Å². The first kappa shape index (κ1) is 16.5. The van der Waals surface area contributed by atoms with E-state index in [2.05, 4.69) is 41.3 Å². The van der Waals surface area contributed by atoms with Crippen LogP contribution in [0, 0.1) is 11.6 Å². The van der Waals surface area contributed by atoms with Gasteiger partial charge < -0.3 is 4.74 Å². The standard InChI is InChI=1S/C15H10BrF2N7O/c1-24-7-19-12(22-24)6-26-15-8(16)5-11-14(20-15)25(23-21-11)13-9(17)3-2-4-10(13)18/h2-5,7H,6H2,1H3. The Morgan fingerprint density at radius 2 is 2.00 bits per heavy atom. The minimum Gasteiger partial charge on any atom is -0.468 e. The van der Waals surface area contributed by atoms with Gasteiger partial charge in [-0.15, -0.1) is 5.10 Å². The maximum atomic E-state index is 14.1. The van der Waals surface area contributed by atoms with E-state index in [0.29, 0.717) is 15.8 Å². The van der Waals surface area contributed by atoms with Crippen LogP contribution in [0.5, 0.6) is 5.88 Å². The number of para-hydroxylation sites is 1. The Kier molecular flexibility index (Phi) is 4.07. The van der Waals surface area contributed by atoms with Crippen LogP contribution in [0.2, 0.25) is 0 Å². The van der Waals surface area contributed by atoms with Crippen LogP contribution >= 0.6 is 15.9 Å². The van der Waals surface area contributed by atoms with Crippen molar-refractivity contribution in [2.75, 3.05) is 0 Å². The monoisotopic (exact) mass is 421 g/mol. The lowest BCUT2D eigenvalue weighted by Crippen LogP contribution is -2.05. The lowest BCUT2D eigenvalue weighted by Gasteiger charge is -2.07. The summed E-state index contributed by atoms with van der Waals surface area (Å²) in [6.45, 7) is 0.0770. The number of halogens is 3. The number of pyridine rings is 1. The van der Waals surface area contributed by atoms with Crippen molar-refractivity contribution in [3.8, 4) is 11.6 Å². The fourth-order valence-corrected chi connectivity index (χ4v) is 2.76. The third kappa shape index (κ3) is 2.90. The van der Waals surface area contributed by atoms with E-state index in [9.17, 15) is 8.78 Å². The van der Waals surface area contributed by atoms with Gasteiger partial charge in [0.15, 0.2) is 29.7 Å². The van der Waals surface area contributed by atoms with Crippen LogP contribution in [0.25, 0.3) is 16.9 Å². The fraction of sp³-hybridized carbons (Fsp3) is 0.133. The molecule has 0 N–H and O–H groups in total. The van der Waals surface area contributed by atoms with E-state index in [0.717, 1.165) is 16.8 Å². The molecule has 4 rings (SSSR count). The second kappa shape index (κ2) is 6.41. The highest BCUT2D eigenvalue weighted by Gasteiger charge is 2.18. The Morgan fingerprint density at radius 3 is 2.69 bits per heavy atom. The SMILES string of the molecule is Cn1cnc(COc2nc3c(cc2Br)nnn3-c2c(F)cccc2F)n1. The van der Waals surface area contributed by atoms with E-state index in [4.69, 9.17) is 4.74 Å². The molecule has 8 nitrogen and oxygen atoms in total. The lowest BCUT2D eigenvalue weighted by molar-refractivity contribution is 0.282. The van der Waals surface area contributed by atoms with Gasteiger partial charge in [0.25, 0.3) is 0 Å². The van der Waals surface area contributed by atoms with E-state index < -0.39 is 11.6 Å². The highest BCUT2D eigenvalue weighted by molar-refractivity contribution is 9.10. The number of hydrogen-bond acceptors (Lipinski definition) is 6. The van der Waals surface area contributed by atoms with Gasteiger partial charge in [-0.3, -0.25) is 4.68 Å². The van der Waals surface area contributed by atoms with Crippen LogP contribution in [0.4, 0.5) is 8.78 Å². The molecule has 0 saturated heterocycles. The molecule has 3 aromatic heterocycles. The van der Waals surface area contributed by atoms with Crippen molar-refractivity contribution in [3.63, 3.8) is 0 Å². The zero-order valence-corrected chi connectivity index (χ0v) is 14.9. The Balaban J connectivity index is 1.75. The van der Waals surface area contributed by atoms with Crippen LogP contribution in [-0.4, -0.2) is 34.7 Å². The van der Waals surface area contributed by atoms with Crippen LogP contribution in [0.1, 0.15) is 5.82 Å². The van der Waals surface area contributed by atoms with E-state index in [1.165, 1.54) is 6.07 Å². The van der Waals surface area contributed by atoms with Gasteiger partial charge >= 0.3 is 0 Å². The molecule has 0 spiro atoms. The summed E-state index contributed by atoms with van der Waals surface area (Å²) < 4.78 is 36.8. The lowest BCUT2D eigenvalue weighted by atomic mass is 10.3. The Hall–Kier alpha value is -2.95. The van der Waals surface area contributed by atoms with Crippen LogP contribution in [0.3, 0.4) is 0 Å².